The van der Waals surface area contributed by atoms with E-state index in [1.807, 2.05) is 13.8 Å². The minimum Gasteiger partial charge on any atom is -0.454 e. The van der Waals surface area contributed by atoms with Crippen LogP contribution in [-0.2, 0) is 11.0 Å². The number of halogens is 3. The van der Waals surface area contributed by atoms with Crippen LogP contribution in [0.4, 0.5) is 13.2 Å². The van der Waals surface area contributed by atoms with E-state index in [1.165, 1.54) is 18.2 Å². The molecule has 0 atom stereocenters. The van der Waals surface area contributed by atoms with Crippen molar-refractivity contribution in [2.75, 3.05) is 13.3 Å². The second-order valence-electron chi connectivity index (χ2n) is 5.27. The Morgan fingerprint density at radius 2 is 2.09 bits per heavy atom. The van der Waals surface area contributed by atoms with Crippen molar-refractivity contribution in [2.45, 2.75) is 20.0 Å². The van der Waals surface area contributed by atoms with E-state index in [9.17, 15) is 18.0 Å². The average molecular weight is 315 g/mol. The highest BCUT2D eigenvalue weighted by atomic mass is 19.4. The number of ether oxygens (including phenoxy) is 2. The van der Waals surface area contributed by atoms with Gasteiger partial charge < -0.3 is 14.8 Å². The van der Waals surface area contributed by atoms with Crippen LogP contribution in [0.25, 0.3) is 6.08 Å². The summed E-state index contributed by atoms with van der Waals surface area (Å²) in [6.07, 6.45) is -2.05. The fourth-order valence-electron chi connectivity index (χ4n) is 1.87. The monoisotopic (exact) mass is 315 g/mol. The predicted molar refractivity (Wildman–Crippen MR) is 74.4 cm³/mol. The van der Waals surface area contributed by atoms with Gasteiger partial charge in [0.1, 0.15) is 5.56 Å². The Hall–Kier alpha value is -2.18. The van der Waals surface area contributed by atoms with Crippen LogP contribution >= 0.6 is 0 Å². The van der Waals surface area contributed by atoms with E-state index < -0.39 is 11.7 Å². The number of nitrogens with one attached hydrogen (secondary N) is 1. The third kappa shape index (κ3) is 3.93. The second-order valence-corrected chi connectivity index (χ2v) is 5.27. The summed E-state index contributed by atoms with van der Waals surface area (Å²) in [4.78, 5) is 11.6. The highest BCUT2D eigenvalue weighted by molar-refractivity contribution is 5.91. The minimum atomic E-state index is -4.55. The molecule has 1 amide bonds. The maximum absolute atomic E-state index is 13.0. The Kier molecular flexibility index (Phi) is 4.63. The maximum atomic E-state index is 13.0. The number of hydrogen-bond donors (Lipinski definition) is 1. The van der Waals surface area contributed by atoms with E-state index >= 15 is 0 Å². The summed E-state index contributed by atoms with van der Waals surface area (Å²) in [6.45, 7) is 4.13. The van der Waals surface area contributed by atoms with Gasteiger partial charge in [-0.3, -0.25) is 4.79 Å². The molecule has 1 aliphatic heterocycles. The number of rotatable bonds is 4. The van der Waals surface area contributed by atoms with Crippen LogP contribution < -0.4 is 14.8 Å². The zero-order chi connectivity index (χ0) is 16.3. The molecule has 7 heteroatoms. The third-order valence-electron chi connectivity index (χ3n) is 2.91. The van der Waals surface area contributed by atoms with Crippen molar-refractivity contribution in [3.63, 3.8) is 0 Å². The molecule has 0 saturated carbocycles. The molecule has 1 aliphatic rings. The van der Waals surface area contributed by atoms with Crippen molar-refractivity contribution in [1.29, 1.82) is 0 Å². The van der Waals surface area contributed by atoms with E-state index in [0.29, 0.717) is 12.5 Å². The molecule has 1 heterocycles. The molecule has 1 aromatic carbocycles. The van der Waals surface area contributed by atoms with Crippen molar-refractivity contribution in [3.8, 4) is 11.5 Å². The Balaban J connectivity index is 2.20. The van der Waals surface area contributed by atoms with Crippen LogP contribution in [0.1, 0.15) is 25.0 Å². The fraction of sp³-hybridized carbons (Fsp3) is 0.400. The molecule has 120 valence electrons. The molecule has 0 spiro atoms. The highest BCUT2D eigenvalue weighted by Gasteiger charge is 2.38. The molecule has 0 aromatic heterocycles. The van der Waals surface area contributed by atoms with Crippen LogP contribution in [0, 0.1) is 5.92 Å². The lowest BCUT2D eigenvalue weighted by Crippen LogP contribution is -2.25. The molecule has 2 rings (SSSR count). The Labute approximate surface area is 125 Å². The van der Waals surface area contributed by atoms with E-state index in [1.54, 1.807) is 0 Å². The molecule has 1 aromatic rings. The van der Waals surface area contributed by atoms with Crippen molar-refractivity contribution in [3.05, 3.63) is 29.3 Å². The maximum Gasteiger partial charge on any atom is 0.420 e. The molecular formula is C15H16F3NO3. The topological polar surface area (TPSA) is 47.6 Å². The van der Waals surface area contributed by atoms with Crippen LogP contribution in [0.3, 0.4) is 0 Å². The number of carbonyl (C=O) groups excluding carboxylic acids is 1. The Morgan fingerprint density at radius 1 is 1.36 bits per heavy atom. The molecule has 0 radical (unpaired) electrons. The minimum absolute atomic E-state index is 0.0251. The Morgan fingerprint density at radius 3 is 2.73 bits per heavy atom. The lowest BCUT2D eigenvalue weighted by atomic mass is 10.1. The summed E-state index contributed by atoms with van der Waals surface area (Å²) in [5, 5.41) is 2.65. The van der Waals surface area contributed by atoms with Gasteiger partial charge in [0.15, 0.2) is 11.5 Å². The van der Waals surface area contributed by atoms with Gasteiger partial charge >= 0.3 is 6.18 Å². The molecule has 22 heavy (non-hydrogen) atoms. The van der Waals surface area contributed by atoms with Gasteiger partial charge in [-0.1, -0.05) is 13.8 Å². The zero-order valence-corrected chi connectivity index (χ0v) is 12.2. The van der Waals surface area contributed by atoms with E-state index in [4.69, 9.17) is 9.47 Å². The molecule has 0 unspecified atom stereocenters. The van der Waals surface area contributed by atoms with Crippen molar-refractivity contribution >= 4 is 12.0 Å². The summed E-state index contributed by atoms with van der Waals surface area (Å²) in [6, 6.07) is 2.34. The SMILES string of the molecule is CC(C)CNC(=O)/C=C/c1cc2c(c(C(F)(F)F)c1)OCO2. The zero-order valence-electron chi connectivity index (χ0n) is 12.2. The quantitative estimate of drug-likeness (QED) is 0.868. The number of fused-ring (bicyclic) bond motifs is 1. The molecule has 1 N–H and O–H groups in total. The van der Waals surface area contributed by atoms with Gasteiger partial charge in [-0.15, -0.1) is 0 Å². The number of benzene rings is 1. The summed E-state index contributed by atoms with van der Waals surface area (Å²) < 4.78 is 48.8. The lowest BCUT2D eigenvalue weighted by Gasteiger charge is -2.10. The van der Waals surface area contributed by atoms with Crippen LogP contribution in [0.5, 0.6) is 11.5 Å². The standard InChI is InChI=1S/C15H16F3NO3/c1-9(2)7-19-13(20)4-3-10-5-11(15(16,17)18)14-12(6-10)21-8-22-14/h3-6,9H,7-8H2,1-2H3,(H,19,20)/b4-3+. The first-order valence-electron chi connectivity index (χ1n) is 6.74. The predicted octanol–water partition coefficient (Wildman–Crippen LogP) is 3.22. The van der Waals surface area contributed by atoms with Crippen molar-refractivity contribution in [1.82, 2.24) is 5.32 Å². The van der Waals surface area contributed by atoms with Gasteiger partial charge in [-0.25, -0.2) is 0 Å². The van der Waals surface area contributed by atoms with Crippen LogP contribution in [0.2, 0.25) is 0 Å². The fourth-order valence-corrected chi connectivity index (χ4v) is 1.87. The van der Waals surface area contributed by atoms with E-state index in [-0.39, 0.29) is 29.8 Å². The van der Waals surface area contributed by atoms with Crippen LogP contribution in [-0.4, -0.2) is 19.2 Å². The van der Waals surface area contributed by atoms with Gasteiger partial charge in [0.25, 0.3) is 0 Å². The number of alkyl halides is 3. The third-order valence-corrected chi connectivity index (χ3v) is 2.91. The van der Waals surface area contributed by atoms with Crippen LogP contribution in [0.15, 0.2) is 18.2 Å². The first kappa shape index (κ1) is 16.2. The summed E-state index contributed by atoms with van der Waals surface area (Å²) in [7, 11) is 0. The first-order chi connectivity index (χ1) is 10.3. The molecule has 0 saturated heterocycles. The second kappa shape index (κ2) is 6.29. The average Bonchev–Trinajstić information content (AvgIpc) is 2.88. The molecule has 4 nitrogen and oxygen atoms in total. The molecule has 0 bridgehead atoms. The lowest BCUT2D eigenvalue weighted by molar-refractivity contribution is -0.138. The van der Waals surface area contributed by atoms with E-state index in [2.05, 4.69) is 5.32 Å². The summed E-state index contributed by atoms with van der Waals surface area (Å²) in [5.41, 5.74) is -0.694. The first-order valence-corrected chi connectivity index (χ1v) is 6.74. The van der Waals surface area contributed by atoms with Gasteiger partial charge in [0.2, 0.25) is 12.7 Å². The van der Waals surface area contributed by atoms with E-state index in [0.717, 1.165) is 6.07 Å². The molecular weight excluding hydrogens is 299 g/mol. The number of carbonyl (C=O) groups is 1. The highest BCUT2D eigenvalue weighted by Crippen LogP contribution is 2.45. The van der Waals surface area contributed by atoms with Crippen molar-refractivity contribution in [2.24, 2.45) is 5.92 Å². The van der Waals surface area contributed by atoms with Gasteiger partial charge in [0.05, 0.1) is 0 Å². The molecule has 0 aliphatic carbocycles. The van der Waals surface area contributed by atoms with Gasteiger partial charge in [0, 0.05) is 12.6 Å². The summed E-state index contributed by atoms with van der Waals surface area (Å²) in [5.74, 6) is -0.356. The summed E-state index contributed by atoms with van der Waals surface area (Å²) >= 11 is 0. The number of amides is 1. The molecule has 0 fully saturated rings. The van der Waals surface area contributed by atoms with Gasteiger partial charge in [-0.05, 0) is 29.7 Å². The van der Waals surface area contributed by atoms with Gasteiger partial charge in [-0.2, -0.15) is 13.2 Å². The van der Waals surface area contributed by atoms with Crippen molar-refractivity contribution < 1.29 is 27.4 Å². The number of hydrogen-bond acceptors (Lipinski definition) is 3. The smallest absolute Gasteiger partial charge is 0.420 e. The Bertz CT molecular complexity index is 594. The largest absolute Gasteiger partial charge is 0.454 e. The normalized spacial score (nSPS) is 13.9.